The fourth-order valence-electron chi connectivity index (χ4n) is 2.51. The third-order valence-electron chi connectivity index (χ3n) is 3.29. The van der Waals surface area contributed by atoms with Crippen molar-refractivity contribution in [2.24, 2.45) is 0 Å². The average molecular weight is 361 g/mol. The first-order valence-corrected chi connectivity index (χ1v) is 8.11. The van der Waals surface area contributed by atoms with Gasteiger partial charge in [-0.15, -0.1) is 11.3 Å². The molecule has 2 aromatic rings. The zero-order valence-electron chi connectivity index (χ0n) is 10.1. The highest BCUT2D eigenvalue weighted by molar-refractivity contribution is 9.11. The minimum Gasteiger partial charge on any atom is -0.378 e. The molecule has 0 aliphatic heterocycles. The van der Waals surface area contributed by atoms with Gasteiger partial charge in [-0.1, -0.05) is 11.6 Å². The van der Waals surface area contributed by atoms with E-state index in [1.54, 1.807) is 17.4 Å². The predicted octanol–water partition coefficient (Wildman–Crippen LogP) is 5.79. The molecular weight excluding hydrogens is 349 g/mol. The maximum absolute atomic E-state index is 13.4. The van der Waals surface area contributed by atoms with Gasteiger partial charge in [0.25, 0.3) is 0 Å². The number of hydrogen-bond donors (Lipinski definition) is 1. The molecule has 5 heteroatoms. The lowest BCUT2D eigenvalue weighted by atomic mass is 9.94. The van der Waals surface area contributed by atoms with Crippen LogP contribution in [0.15, 0.2) is 28.1 Å². The molecule has 1 unspecified atom stereocenters. The molecule has 3 rings (SSSR count). The monoisotopic (exact) mass is 359 g/mol. The van der Waals surface area contributed by atoms with Crippen molar-refractivity contribution in [2.45, 2.75) is 25.3 Å². The molecule has 19 heavy (non-hydrogen) atoms. The van der Waals surface area contributed by atoms with Crippen LogP contribution in [0.25, 0.3) is 0 Å². The number of hydrogen-bond acceptors (Lipinski definition) is 2. The van der Waals surface area contributed by atoms with E-state index in [1.165, 1.54) is 22.6 Å². The zero-order valence-corrected chi connectivity index (χ0v) is 13.2. The summed E-state index contributed by atoms with van der Waals surface area (Å²) in [6.45, 7) is 0. The van der Waals surface area contributed by atoms with E-state index in [9.17, 15) is 4.39 Å². The van der Waals surface area contributed by atoms with Gasteiger partial charge in [0.05, 0.1) is 9.83 Å². The second-order valence-electron chi connectivity index (χ2n) is 4.68. The molecule has 0 fully saturated rings. The molecule has 1 aromatic carbocycles. The zero-order chi connectivity index (χ0) is 13.4. The molecular formula is C14H12BrClFNS. The Bertz CT molecular complexity index is 593. The fraction of sp³-hybridized carbons (Fsp3) is 0.286. The van der Waals surface area contributed by atoms with Gasteiger partial charge in [0.15, 0.2) is 0 Å². The van der Waals surface area contributed by atoms with Crippen LogP contribution in [0.5, 0.6) is 0 Å². The van der Waals surface area contributed by atoms with E-state index in [1.807, 2.05) is 0 Å². The Kier molecular flexibility index (Phi) is 3.83. The third-order valence-corrected chi connectivity index (χ3v) is 5.22. The minimum absolute atomic E-state index is 0.240. The molecule has 1 aliphatic rings. The molecule has 1 aliphatic carbocycles. The van der Waals surface area contributed by atoms with Crippen molar-refractivity contribution in [1.82, 2.24) is 0 Å². The molecule has 0 radical (unpaired) electrons. The second-order valence-corrected chi connectivity index (χ2v) is 7.63. The Morgan fingerprint density at radius 2 is 2.16 bits per heavy atom. The summed E-state index contributed by atoms with van der Waals surface area (Å²) >= 11 is 11.2. The van der Waals surface area contributed by atoms with E-state index in [0.29, 0.717) is 5.02 Å². The van der Waals surface area contributed by atoms with Gasteiger partial charge in [-0.25, -0.2) is 4.39 Å². The highest BCUT2D eigenvalue weighted by atomic mass is 79.9. The highest BCUT2D eigenvalue weighted by Gasteiger charge is 2.22. The van der Waals surface area contributed by atoms with Crippen molar-refractivity contribution < 1.29 is 4.39 Å². The van der Waals surface area contributed by atoms with E-state index in [0.717, 1.165) is 28.7 Å². The quantitative estimate of drug-likeness (QED) is 0.714. The summed E-state index contributed by atoms with van der Waals surface area (Å²) < 4.78 is 14.5. The van der Waals surface area contributed by atoms with Crippen molar-refractivity contribution >= 4 is 44.6 Å². The van der Waals surface area contributed by atoms with Gasteiger partial charge in [0.2, 0.25) is 0 Å². The average Bonchev–Trinajstić information content (AvgIpc) is 2.69. The number of halogens is 3. The number of rotatable bonds is 2. The first kappa shape index (κ1) is 13.4. The van der Waals surface area contributed by atoms with Crippen molar-refractivity contribution in [1.29, 1.82) is 0 Å². The van der Waals surface area contributed by atoms with E-state index in [2.05, 4.69) is 27.3 Å². The highest BCUT2D eigenvalue weighted by Crippen LogP contribution is 2.39. The second kappa shape index (κ2) is 5.43. The van der Waals surface area contributed by atoms with Crippen LogP contribution in [-0.4, -0.2) is 0 Å². The summed E-state index contributed by atoms with van der Waals surface area (Å²) in [5, 5.41) is 3.81. The normalized spacial score (nSPS) is 18.2. The fourth-order valence-corrected chi connectivity index (χ4v) is 4.55. The summed E-state index contributed by atoms with van der Waals surface area (Å²) in [4.78, 5) is 1.41. The van der Waals surface area contributed by atoms with Gasteiger partial charge in [-0.2, -0.15) is 0 Å². The molecule has 1 atom stereocenters. The Balaban J connectivity index is 1.88. The minimum atomic E-state index is -0.308. The first-order chi connectivity index (χ1) is 9.11. The van der Waals surface area contributed by atoms with E-state index in [4.69, 9.17) is 11.6 Å². The topological polar surface area (TPSA) is 12.0 Å². The Morgan fingerprint density at radius 3 is 2.95 bits per heavy atom. The SMILES string of the molecule is Fc1cc(Cl)cc(NC2CCCc3sc(Br)cc32)c1. The molecule has 0 saturated heterocycles. The van der Waals surface area contributed by atoms with Gasteiger partial charge < -0.3 is 5.32 Å². The Hall–Kier alpha value is -0.580. The molecule has 1 aromatic heterocycles. The van der Waals surface area contributed by atoms with Crippen LogP contribution < -0.4 is 5.32 Å². The predicted molar refractivity (Wildman–Crippen MR) is 82.7 cm³/mol. The molecule has 0 amide bonds. The smallest absolute Gasteiger partial charge is 0.126 e. The number of fused-ring (bicyclic) bond motifs is 1. The number of nitrogens with one attached hydrogen (secondary N) is 1. The van der Waals surface area contributed by atoms with Crippen molar-refractivity contribution in [3.63, 3.8) is 0 Å². The Labute approximate surface area is 128 Å². The summed E-state index contributed by atoms with van der Waals surface area (Å²) in [6, 6.07) is 6.98. The van der Waals surface area contributed by atoms with Gasteiger partial charge in [-0.3, -0.25) is 0 Å². The van der Waals surface area contributed by atoms with Crippen LogP contribution in [0.3, 0.4) is 0 Å². The van der Waals surface area contributed by atoms with Gasteiger partial charge in [0, 0.05) is 15.6 Å². The lowest BCUT2D eigenvalue weighted by Crippen LogP contribution is -2.15. The molecule has 0 saturated carbocycles. The number of thiophene rings is 1. The van der Waals surface area contributed by atoms with E-state index in [-0.39, 0.29) is 11.9 Å². The molecule has 0 spiro atoms. The van der Waals surface area contributed by atoms with Crippen molar-refractivity contribution in [3.05, 3.63) is 49.3 Å². The molecule has 0 bridgehead atoms. The number of anilines is 1. The van der Waals surface area contributed by atoms with Crippen LogP contribution in [0.2, 0.25) is 5.02 Å². The summed E-state index contributed by atoms with van der Waals surface area (Å²) in [6.07, 6.45) is 3.35. The van der Waals surface area contributed by atoms with E-state index >= 15 is 0 Å². The lowest BCUT2D eigenvalue weighted by molar-refractivity contribution is 0.605. The van der Waals surface area contributed by atoms with Crippen LogP contribution in [-0.2, 0) is 6.42 Å². The third kappa shape index (κ3) is 2.96. The first-order valence-electron chi connectivity index (χ1n) is 6.12. The van der Waals surface area contributed by atoms with Crippen molar-refractivity contribution in [2.75, 3.05) is 5.32 Å². The molecule has 1 nitrogen and oxygen atoms in total. The lowest BCUT2D eigenvalue weighted by Gasteiger charge is -2.24. The van der Waals surface area contributed by atoms with Crippen LogP contribution >= 0.6 is 38.9 Å². The van der Waals surface area contributed by atoms with Gasteiger partial charge in [0.1, 0.15) is 5.82 Å². The standard InChI is InChI=1S/C14H12BrClFNS/c15-14-7-11-12(2-1-3-13(11)19-14)18-10-5-8(16)4-9(17)6-10/h4-7,12,18H,1-3H2. The maximum atomic E-state index is 13.4. The van der Waals surface area contributed by atoms with Crippen molar-refractivity contribution in [3.8, 4) is 0 Å². The van der Waals surface area contributed by atoms with E-state index < -0.39 is 0 Å². The van der Waals surface area contributed by atoms with Gasteiger partial charge in [-0.05, 0) is 65.0 Å². The maximum Gasteiger partial charge on any atom is 0.126 e. The molecule has 1 heterocycles. The summed E-state index contributed by atoms with van der Waals surface area (Å²) in [5.74, 6) is -0.308. The molecule has 100 valence electrons. The largest absolute Gasteiger partial charge is 0.378 e. The number of aryl methyl sites for hydroxylation is 1. The summed E-state index contributed by atoms with van der Waals surface area (Å²) in [7, 11) is 0. The van der Waals surface area contributed by atoms with Crippen LogP contribution in [0, 0.1) is 5.82 Å². The van der Waals surface area contributed by atoms with Crippen LogP contribution in [0.1, 0.15) is 29.3 Å². The number of benzene rings is 1. The Morgan fingerprint density at radius 1 is 1.32 bits per heavy atom. The van der Waals surface area contributed by atoms with Gasteiger partial charge >= 0.3 is 0 Å². The molecule has 1 N–H and O–H groups in total. The van der Waals surface area contributed by atoms with Crippen LogP contribution in [0.4, 0.5) is 10.1 Å². The summed E-state index contributed by atoms with van der Waals surface area (Å²) in [5.41, 5.74) is 2.06.